The van der Waals surface area contributed by atoms with Crippen LogP contribution in [-0.2, 0) is 43.2 Å². The van der Waals surface area contributed by atoms with Gasteiger partial charge in [-0.15, -0.1) is 0 Å². The number of rotatable bonds is 30. The highest BCUT2D eigenvalue weighted by atomic mass is 16.3. The van der Waals surface area contributed by atoms with E-state index in [1.165, 1.54) is 13.8 Å². The number of carbonyl (C=O) groups is 9. The molecule has 0 aromatic carbocycles. The predicted octanol–water partition coefficient (Wildman–Crippen LogP) is -5.97. The average molecular weight is 844 g/mol. The lowest BCUT2D eigenvalue weighted by Crippen LogP contribution is -2.60. The van der Waals surface area contributed by atoms with Crippen LogP contribution in [-0.4, -0.2) is 146 Å². The van der Waals surface area contributed by atoms with Gasteiger partial charge in [-0.05, 0) is 85.0 Å². The standard InChI is InChI=1S/C36H69N13O10/c1-6-9-27(51)44-23(10-14-37)31(54)42-19-28(52)45-24(11-15-38)33(56)43-20(4)30(53)46-22(8-3)32(55)47-25(12-16-39)34(57)48-26(13-17-40)35(58)49-29(21(5)50)36(59)41-18-7-2/h20-26,29,50H,6-19,37-40H2,1-5H3,(H,41,59)(H,42,54)(H,43,56)(H,44,51)(H,45,52)(H,46,53)(H,47,55)(H,48,57)(H,49,58)/t20-,21-,22+,23+,24+,25+,26+,29+/m1/s1. The van der Waals surface area contributed by atoms with Crippen LogP contribution in [0.2, 0.25) is 0 Å². The summed E-state index contributed by atoms with van der Waals surface area (Å²) in [5.41, 5.74) is 22.6. The summed E-state index contributed by atoms with van der Waals surface area (Å²) in [5.74, 6) is -6.28. The van der Waals surface area contributed by atoms with E-state index >= 15 is 0 Å². The summed E-state index contributed by atoms with van der Waals surface area (Å²) in [6.45, 7) is 7.64. The van der Waals surface area contributed by atoms with Gasteiger partial charge in [-0.3, -0.25) is 43.2 Å². The second kappa shape index (κ2) is 30.1. The molecule has 0 bridgehead atoms. The fraction of sp³-hybridized carbons (Fsp3) is 0.750. The molecule has 8 atom stereocenters. The van der Waals surface area contributed by atoms with Gasteiger partial charge in [0.2, 0.25) is 53.2 Å². The summed E-state index contributed by atoms with van der Waals surface area (Å²) < 4.78 is 0. The fourth-order valence-electron chi connectivity index (χ4n) is 5.36. The summed E-state index contributed by atoms with van der Waals surface area (Å²) in [6.07, 6.45) is 0.169. The van der Waals surface area contributed by atoms with Crippen LogP contribution in [0, 0.1) is 0 Å². The van der Waals surface area contributed by atoms with E-state index in [9.17, 15) is 48.3 Å². The van der Waals surface area contributed by atoms with Gasteiger partial charge in [0.25, 0.3) is 0 Å². The zero-order chi connectivity index (χ0) is 45.1. The van der Waals surface area contributed by atoms with Crippen molar-refractivity contribution in [3.63, 3.8) is 0 Å². The van der Waals surface area contributed by atoms with E-state index in [0.29, 0.717) is 19.4 Å². The van der Waals surface area contributed by atoms with E-state index in [4.69, 9.17) is 22.9 Å². The molecule has 0 spiro atoms. The minimum absolute atomic E-state index is 0.0286. The molecule has 0 rings (SSSR count). The van der Waals surface area contributed by atoms with Crippen molar-refractivity contribution in [2.75, 3.05) is 39.3 Å². The molecule has 18 N–H and O–H groups in total. The Morgan fingerprint density at radius 2 is 0.898 bits per heavy atom. The maximum atomic E-state index is 13.4. The van der Waals surface area contributed by atoms with Crippen molar-refractivity contribution in [1.29, 1.82) is 0 Å². The Hall–Kier alpha value is -4.97. The number of hydrogen-bond acceptors (Lipinski definition) is 14. The molecule has 0 aromatic rings. The molecule has 338 valence electrons. The van der Waals surface area contributed by atoms with Crippen LogP contribution < -0.4 is 70.8 Å². The molecule has 0 aromatic heterocycles. The Morgan fingerprint density at radius 3 is 1.36 bits per heavy atom. The second-order valence-electron chi connectivity index (χ2n) is 13.9. The first-order valence-electron chi connectivity index (χ1n) is 20.1. The number of carbonyl (C=O) groups excluding carboxylic acids is 9. The van der Waals surface area contributed by atoms with E-state index in [0.717, 1.165) is 0 Å². The Morgan fingerprint density at radius 1 is 0.475 bits per heavy atom. The van der Waals surface area contributed by atoms with Gasteiger partial charge in [0.05, 0.1) is 12.6 Å². The van der Waals surface area contributed by atoms with Crippen LogP contribution in [0.4, 0.5) is 0 Å². The lowest BCUT2D eigenvalue weighted by molar-refractivity contribution is -0.136. The zero-order valence-electron chi connectivity index (χ0n) is 34.9. The third kappa shape index (κ3) is 21.0. The summed E-state index contributed by atoms with van der Waals surface area (Å²) in [5, 5.41) is 32.6. The molecule has 23 nitrogen and oxygen atoms in total. The monoisotopic (exact) mass is 844 g/mol. The molecular weight excluding hydrogens is 774 g/mol. The predicted molar refractivity (Wildman–Crippen MR) is 217 cm³/mol. The Bertz CT molecular complexity index is 1390. The first-order chi connectivity index (χ1) is 27.9. The zero-order valence-corrected chi connectivity index (χ0v) is 34.9. The smallest absolute Gasteiger partial charge is 0.245 e. The Balaban J connectivity index is 5.55. The van der Waals surface area contributed by atoms with E-state index in [1.54, 1.807) is 13.8 Å². The highest BCUT2D eigenvalue weighted by Crippen LogP contribution is 2.03. The van der Waals surface area contributed by atoms with Gasteiger partial charge in [0.1, 0.15) is 42.3 Å². The van der Waals surface area contributed by atoms with E-state index in [1.807, 2.05) is 6.92 Å². The molecule has 0 aliphatic carbocycles. The van der Waals surface area contributed by atoms with Crippen molar-refractivity contribution in [3.8, 4) is 0 Å². The highest BCUT2D eigenvalue weighted by Gasteiger charge is 2.33. The SMILES string of the molecule is CCCNC(=O)[C@@H](NC(=O)[C@H](CCN)NC(=O)[C@H](CCN)NC(=O)[C@H](CC)NC(=O)[C@@H](C)NC(=O)[C@H](CCN)NC(=O)CNC(=O)[C@H](CCN)NC(=O)CCC)[C@@H](C)O. The molecule has 0 aliphatic heterocycles. The molecule has 0 radical (unpaired) electrons. The van der Waals surface area contributed by atoms with Crippen LogP contribution >= 0.6 is 0 Å². The third-order valence-electron chi connectivity index (χ3n) is 8.70. The topological polar surface area (TPSA) is 386 Å². The normalized spacial score (nSPS) is 14.9. The average Bonchev–Trinajstić information content (AvgIpc) is 3.18. The van der Waals surface area contributed by atoms with E-state index < -0.39 is 102 Å². The van der Waals surface area contributed by atoms with Crippen LogP contribution in [0.5, 0.6) is 0 Å². The third-order valence-corrected chi connectivity index (χ3v) is 8.70. The number of aliphatic hydroxyl groups is 1. The molecule has 0 fully saturated rings. The largest absolute Gasteiger partial charge is 0.391 e. The number of nitrogens with two attached hydrogens (primary N) is 4. The van der Waals surface area contributed by atoms with Crippen LogP contribution in [0.3, 0.4) is 0 Å². The fourth-order valence-corrected chi connectivity index (χ4v) is 5.36. The van der Waals surface area contributed by atoms with Gasteiger partial charge in [-0.1, -0.05) is 20.8 Å². The van der Waals surface area contributed by atoms with Crippen molar-refractivity contribution in [2.45, 2.75) is 134 Å². The summed E-state index contributed by atoms with van der Waals surface area (Å²) in [6, 6.07) is -8.40. The van der Waals surface area contributed by atoms with Gasteiger partial charge in [-0.2, -0.15) is 0 Å². The van der Waals surface area contributed by atoms with Gasteiger partial charge in [-0.25, -0.2) is 0 Å². The van der Waals surface area contributed by atoms with Gasteiger partial charge < -0.3 is 75.9 Å². The maximum Gasteiger partial charge on any atom is 0.245 e. The first-order valence-corrected chi connectivity index (χ1v) is 20.1. The van der Waals surface area contributed by atoms with Crippen LogP contribution in [0.25, 0.3) is 0 Å². The number of nitrogens with one attached hydrogen (secondary N) is 9. The van der Waals surface area contributed by atoms with Crippen molar-refractivity contribution in [1.82, 2.24) is 47.9 Å². The van der Waals surface area contributed by atoms with Gasteiger partial charge >= 0.3 is 0 Å². The second-order valence-corrected chi connectivity index (χ2v) is 13.9. The van der Waals surface area contributed by atoms with Crippen molar-refractivity contribution < 1.29 is 48.3 Å². The van der Waals surface area contributed by atoms with Gasteiger partial charge in [0, 0.05) is 13.0 Å². The van der Waals surface area contributed by atoms with Crippen molar-refractivity contribution in [3.05, 3.63) is 0 Å². The summed E-state index contributed by atoms with van der Waals surface area (Å²) in [7, 11) is 0. The van der Waals surface area contributed by atoms with Crippen molar-refractivity contribution >= 4 is 53.2 Å². The van der Waals surface area contributed by atoms with E-state index in [2.05, 4.69) is 47.9 Å². The number of aliphatic hydroxyl groups excluding tert-OH is 1. The lowest BCUT2D eigenvalue weighted by Gasteiger charge is -2.27. The minimum atomic E-state index is -1.32. The maximum absolute atomic E-state index is 13.4. The minimum Gasteiger partial charge on any atom is -0.391 e. The quantitative estimate of drug-likeness (QED) is 0.0320. The Labute approximate surface area is 345 Å². The van der Waals surface area contributed by atoms with Crippen LogP contribution in [0.1, 0.15) is 86.0 Å². The molecule has 0 saturated heterocycles. The highest BCUT2D eigenvalue weighted by molar-refractivity contribution is 5.97. The van der Waals surface area contributed by atoms with Crippen LogP contribution in [0.15, 0.2) is 0 Å². The number of hydrogen-bond donors (Lipinski definition) is 14. The first kappa shape index (κ1) is 54.0. The molecule has 0 heterocycles. The van der Waals surface area contributed by atoms with E-state index in [-0.39, 0.29) is 70.6 Å². The molecular formula is C36H69N13O10. The summed E-state index contributed by atoms with van der Waals surface area (Å²) in [4.78, 5) is 116. The van der Waals surface area contributed by atoms with Crippen molar-refractivity contribution in [2.24, 2.45) is 22.9 Å². The summed E-state index contributed by atoms with van der Waals surface area (Å²) >= 11 is 0. The molecule has 0 aliphatic rings. The Kier molecular flexibility index (Phi) is 27.6. The molecule has 0 saturated carbocycles. The van der Waals surface area contributed by atoms with Gasteiger partial charge in [0.15, 0.2) is 0 Å². The molecule has 59 heavy (non-hydrogen) atoms. The molecule has 23 heteroatoms. The molecule has 0 unspecified atom stereocenters. The molecule has 9 amide bonds. The lowest BCUT2D eigenvalue weighted by atomic mass is 10.1. The number of amides is 9.